The number of fused-ring (bicyclic) bond motifs is 2. The van der Waals surface area contributed by atoms with Crippen LogP contribution >= 0.6 is 22.6 Å². The summed E-state index contributed by atoms with van der Waals surface area (Å²) in [5.74, 6) is 0.408. The first kappa shape index (κ1) is 16.2. The van der Waals surface area contributed by atoms with Crippen molar-refractivity contribution in [1.29, 1.82) is 0 Å². The third-order valence-corrected chi connectivity index (χ3v) is 5.51. The Bertz CT molecular complexity index is 545. The van der Waals surface area contributed by atoms with Gasteiger partial charge >= 0.3 is 0 Å². The van der Waals surface area contributed by atoms with Crippen LogP contribution in [0.1, 0.15) is 37.7 Å². The van der Waals surface area contributed by atoms with Crippen molar-refractivity contribution in [2.45, 2.75) is 50.4 Å². The molecule has 1 aromatic rings. The molecule has 5 heteroatoms. The number of benzene rings is 1. The maximum Gasteiger partial charge on any atom is 0.106 e. The second-order valence-electron chi connectivity index (χ2n) is 6.06. The Kier molecular flexibility index (Phi) is 5.04. The zero-order valence-corrected chi connectivity index (χ0v) is 15.1. The highest BCUT2D eigenvalue weighted by molar-refractivity contribution is 14.1. The van der Waals surface area contributed by atoms with E-state index in [1.54, 1.807) is 7.11 Å². The zero-order chi connectivity index (χ0) is 15.7. The molecule has 2 saturated heterocycles. The van der Waals surface area contributed by atoms with Crippen molar-refractivity contribution in [2.75, 3.05) is 7.11 Å². The molecule has 1 N–H and O–H groups in total. The van der Waals surface area contributed by atoms with Crippen molar-refractivity contribution >= 4 is 28.3 Å². The van der Waals surface area contributed by atoms with Gasteiger partial charge in [0.2, 0.25) is 0 Å². The quantitative estimate of drug-likeness (QED) is 0.467. The van der Waals surface area contributed by atoms with E-state index in [4.69, 9.17) is 9.57 Å². The lowest BCUT2D eigenvalue weighted by molar-refractivity contribution is -0.0509. The van der Waals surface area contributed by atoms with Crippen molar-refractivity contribution < 1.29 is 14.7 Å². The van der Waals surface area contributed by atoms with Crippen molar-refractivity contribution in [1.82, 2.24) is 0 Å². The molecule has 2 bridgehead atoms. The number of aliphatic hydroxyl groups excluding tert-OH is 1. The molecule has 5 atom stereocenters. The second kappa shape index (κ2) is 6.84. The Morgan fingerprint density at radius 2 is 2.09 bits per heavy atom. The molecule has 0 aromatic heterocycles. The van der Waals surface area contributed by atoms with Gasteiger partial charge in [0.1, 0.15) is 7.11 Å². The lowest BCUT2D eigenvalue weighted by Gasteiger charge is -2.38. The summed E-state index contributed by atoms with van der Waals surface area (Å²) in [5, 5.41) is 14.6. The zero-order valence-electron chi connectivity index (χ0n) is 12.9. The minimum Gasteiger partial charge on any atom is -0.399 e. The van der Waals surface area contributed by atoms with E-state index in [9.17, 15) is 5.11 Å². The van der Waals surface area contributed by atoms with Crippen LogP contribution in [0.2, 0.25) is 0 Å². The molecule has 2 unspecified atom stereocenters. The first-order valence-electron chi connectivity index (χ1n) is 7.83. The summed E-state index contributed by atoms with van der Waals surface area (Å²) in [6.07, 6.45) is 2.04. The number of nitrogens with zero attached hydrogens (tertiary/aromatic N) is 1. The van der Waals surface area contributed by atoms with E-state index in [1.807, 2.05) is 0 Å². The molecule has 2 heterocycles. The first-order chi connectivity index (χ1) is 10.6. The third-order valence-electron chi connectivity index (χ3n) is 4.79. The molecule has 0 saturated carbocycles. The van der Waals surface area contributed by atoms with Crippen LogP contribution < -0.4 is 0 Å². The highest BCUT2D eigenvalue weighted by Crippen LogP contribution is 2.46. The van der Waals surface area contributed by atoms with Gasteiger partial charge in [-0.25, -0.2) is 0 Å². The molecule has 0 amide bonds. The van der Waals surface area contributed by atoms with E-state index in [1.165, 1.54) is 9.13 Å². The highest BCUT2D eigenvalue weighted by Gasteiger charge is 2.50. The minimum atomic E-state index is -0.405. The lowest BCUT2D eigenvalue weighted by Crippen LogP contribution is -2.42. The molecule has 0 aliphatic carbocycles. The van der Waals surface area contributed by atoms with Crippen LogP contribution in [-0.2, 0) is 9.57 Å². The van der Waals surface area contributed by atoms with E-state index in [0.29, 0.717) is 5.92 Å². The molecule has 22 heavy (non-hydrogen) atoms. The molecule has 2 fully saturated rings. The van der Waals surface area contributed by atoms with Crippen LogP contribution in [-0.4, -0.2) is 36.2 Å². The van der Waals surface area contributed by atoms with Gasteiger partial charge < -0.3 is 14.7 Å². The average molecular weight is 415 g/mol. The molecular weight excluding hydrogens is 393 g/mol. The molecule has 4 nitrogen and oxygen atoms in total. The Labute approximate surface area is 145 Å². The van der Waals surface area contributed by atoms with Crippen LogP contribution in [0.4, 0.5) is 0 Å². The number of halogens is 1. The monoisotopic (exact) mass is 415 g/mol. The van der Waals surface area contributed by atoms with Gasteiger partial charge in [-0.05, 0) is 59.0 Å². The molecular formula is C17H22INO3. The Balaban J connectivity index is 1.98. The van der Waals surface area contributed by atoms with Crippen molar-refractivity contribution in [2.24, 2.45) is 11.1 Å². The fraction of sp³-hybridized carbons (Fsp3) is 0.588. The van der Waals surface area contributed by atoms with Gasteiger partial charge in [-0.15, -0.1) is 0 Å². The summed E-state index contributed by atoms with van der Waals surface area (Å²) in [6, 6.07) is 8.66. The molecule has 120 valence electrons. The average Bonchev–Trinajstić information content (AvgIpc) is 2.81. The van der Waals surface area contributed by atoms with E-state index >= 15 is 0 Å². The van der Waals surface area contributed by atoms with E-state index in [-0.39, 0.29) is 18.1 Å². The molecule has 0 spiro atoms. The predicted octanol–water partition coefficient (Wildman–Crippen LogP) is 3.33. The maximum atomic E-state index is 10.4. The minimum absolute atomic E-state index is 0.0822. The molecule has 2 aliphatic rings. The Morgan fingerprint density at radius 3 is 2.73 bits per heavy atom. The van der Waals surface area contributed by atoms with Crippen LogP contribution in [0, 0.1) is 9.49 Å². The fourth-order valence-electron chi connectivity index (χ4n) is 3.86. The number of oxime groups is 1. The van der Waals surface area contributed by atoms with E-state index in [2.05, 4.69) is 58.9 Å². The van der Waals surface area contributed by atoms with Gasteiger partial charge in [0.05, 0.1) is 24.0 Å². The summed E-state index contributed by atoms with van der Waals surface area (Å²) in [4.78, 5) is 5.04. The van der Waals surface area contributed by atoms with Gasteiger partial charge in [-0.1, -0.05) is 24.2 Å². The standard InChI is InChI=1S/C17H22INO3/c1-3-14(19-21-2)16-13(10-4-6-11(18)7-5-10)8-12-9-15(20)17(16)22-12/h4-7,12-13,15-17,20H,3,8-9H2,1-2H3/t12?,13-,15?,16-,17-/m1/s1. The maximum absolute atomic E-state index is 10.4. The van der Waals surface area contributed by atoms with Gasteiger partial charge in [0.25, 0.3) is 0 Å². The van der Waals surface area contributed by atoms with Gasteiger partial charge in [0.15, 0.2) is 0 Å². The van der Waals surface area contributed by atoms with Gasteiger partial charge in [0, 0.05) is 15.9 Å². The topological polar surface area (TPSA) is 51.0 Å². The molecule has 3 rings (SSSR count). The number of hydrogen-bond acceptors (Lipinski definition) is 4. The Morgan fingerprint density at radius 1 is 1.36 bits per heavy atom. The van der Waals surface area contributed by atoms with Crippen molar-refractivity contribution in [3.63, 3.8) is 0 Å². The SMILES string of the molecule is CCC(=NOC)[C@H]1[C@@H](c2ccc(I)cc2)CC2CC(O)[C@H]1O2. The number of aliphatic hydroxyl groups is 1. The van der Waals surface area contributed by atoms with Gasteiger partial charge in [-0.2, -0.15) is 0 Å². The van der Waals surface area contributed by atoms with E-state index in [0.717, 1.165) is 25.0 Å². The fourth-order valence-corrected chi connectivity index (χ4v) is 4.22. The van der Waals surface area contributed by atoms with Crippen molar-refractivity contribution in [3.05, 3.63) is 33.4 Å². The van der Waals surface area contributed by atoms with Crippen LogP contribution in [0.25, 0.3) is 0 Å². The summed E-state index contributed by atoms with van der Waals surface area (Å²) >= 11 is 2.32. The molecule has 2 aliphatic heterocycles. The number of rotatable bonds is 4. The van der Waals surface area contributed by atoms with Crippen LogP contribution in [0.5, 0.6) is 0 Å². The number of ether oxygens (including phenoxy) is 1. The number of hydrogen-bond donors (Lipinski definition) is 1. The van der Waals surface area contributed by atoms with Crippen LogP contribution in [0.15, 0.2) is 29.4 Å². The summed E-state index contributed by atoms with van der Waals surface area (Å²) in [6.45, 7) is 2.08. The van der Waals surface area contributed by atoms with Crippen molar-refractivity contribution in [3.8, 4) is 0 Å². The smallest absolute Gasteiger partial charge is 0.106 e. The third kappa shape index (κ3) is 3.03. The highest BCUT2D eigenvalue weighted by atomic mass is 127. The summed E-state index contributed by atoms with van der Waals surface area (Å²) in [7, 11) is 1.58. The molecule has 1 aromatic carbocycles. The molecule has 0 radical (unpaired) electrons. The summed E-state index contributed by atoms with van der Waals surface area (Å²) < 4.78 is 7.27. The van der Waals surface area contributed by atoms with Gasteiger partial charge in [-0.3, -0.25) is 0 Å². The first-order valence-corrected chi connectivity index (χ1v) is 8.90. The van der Waals surface area contributed by atoms with E-state index < -0.39 is 6.10 Å². The summed E-state index contributed by atoms with van der Waals surface area (Å²) in [5.41, 5.74) is 2.28. The predicted molar refractivity (Wildman–Crippen MR) is 94.0 cm³/mol. The lowest BCUT2D eigenvalue weighted by atomic mass is 9.75. The Hall–Kier alpha value is -0.660. The normalized spacial score (nSPS) is 34.7. The van der Waals surface area contributed by atoms with Crippen LogP contribution in [0.3, 0.4) is 0 Å². The second-order valence-corrected chi connectivity index (χ2v) is 7.31. The largest absolute Gasteiger partial charge is 0.399 e.